The van der Waals surface area contributed by atoms with Crippen molar-refractivity contribution in [2.45, 2.75) is 0 Å². The van der Waals surface area contributed by atoms with E-state index >= 15 is 0 Å². The molecule has 0 aliphatic rings. The predicted molar refractivity (Wildman–Crippen MR) is 115 cm³/mol. The molecule has 0 saturated carbocycles. The van der Waals surface area contributed by atoms with Crippen LogP contribution < -0.4 is 0 Å². The lowest BCUT2D eigenvalue weighted by Gasteiger charge is -1.96. The van der Waals surface area contributed by atoms with Crippen molar-refractivity contribution in [2.75, 3.05) is 0 Å². The first-order valence-corrected chi connectivity index (χ1v) is 9.21. The Morgan fingerprint density at radius 1 is 0.333 bits per heavy atom. The third-order valence-corrected chi connectivity index (χ3v) is 5.85. The quantitative estimate of drug-likeness (QED) is 0.278. The molecule has 3 heterocycles. The minimum Gasteiger partial charge on any atom is -0.354 e. The molecule has 27 heavy (non-hydrogen) atoms. The van der Waals surface area contributed by atoms with Gasteiger partial charge in [-0.05, 0) is 36.4 Å². The molecule has 0 aliphatic carbocycles. The van der Waals surface area contributed by atoms with Gasteiger partial charge in [0.2, 0.25) is 0 Å². The van der Waals surface area contributed by atoms with E-state index in [0.717, 1.165) is 0 Å². The van der Waals surface area contributed by atoms with Gasteiger partial charge >= 0.3 is 0 Å². The predicted octanol–water partition coefficient (Wildman–Crippen LogP) is 6.59. The third kappa shape index (κ3) is 1.66. The van der Waals surface area contributed by atoms with Gasteiger partial charge in [-0.25, -0.2) is 0 Å². The standard InChI is InChI=1S/C24H15N3/c1-3-7-19-13(5-1)15-9-17-18-10-16-14-6-2-4-8-20(14)26-22(16)12-24(18)27-23(17)11-21(15)25-19/h1-12,25-27H. The zero-order valence-electron chi connectivity index (χ0n) is 14.4. The number of H-pyrrole nitrogens is 3. The topological polar surface area (TPSA) is 47.4 Å². The van der Waals surface area contributed by atoms with Gasteiger partial charge in [0.1, 0.15) is 0 Å². The lowest BCUT2D eigenvalue weighted by molar-refractivity contribution is 1.52. The van der Waals surface area contributed by atoms with E-state index in [-0.39, 0.29) is 0 Å². The van der Waals surface area contributed by atoms with Crippen LogP contribution in [0.1, 0.15) is 0 Å². The summed E-state index contributed by atoms with van der Waals surface area (Å²) in [5, 5.41) is 7.65. The van der Waals surface area contributed by atoms with E-state index in [1.54, 1.807) is 0 Å². The molecule has 0 amide bonds. The van der Waals surface area contributed by atoms with Crippen LogP contribution >= 0.6 is 0 Å². The summed E-state index contributed by atoms with van der Waals surface area (Å²) in [5.74, 6) is 0. The summed E-state index contributed by atoms with van der Waals surface area (Å²) in [6.45, 7) is 0. The molecule has 3 N–H and O–H groups in total. The monoisotopic (exact) mass is 345 g/mol. The molecule has 7 aromatic rings. The highest BCUT2D eigenvalue weighted by molar-refractivity contribution is 6.21. The summed E-state index contributed by atoms with van der Waals surface area (Å²) in [6.07, 6.45) is 0. The van der Waals surface area contributed by atoms with E-state index < -0.39 is 0 Å². The van der Waals surface area contributed by atoms with E-state index in [0.29, 0.717) is 0 Å². The van der Waals surface area contributed by atoms with Crippen LogP contribution in [-0.2, 0) is 0 Å². The molecule has 0 unspecified atom stereocenters. The van der Waals surface area contributed by atoms with Crippen molar-refractivity contribution >= 4 is 65.4 Å². The lowest BCUT2D eigenvalue weighted by atomic mass is 10.1. The summed E-state index contributed by atoms with van der Waals surface area (Å²) in [5.41, 5.74) is 7.05. The Morgan fingerprint density at radius 2 is 0.704 bits per heavy atom. The van der Waals surface area contributed by atoms with Crippen LogP contribution in [0.5, 0.6) is 0 Å². The first kappa shape index (κ1) is 13.5. The average molecular weight is 345 g/mol. The molecule has 7 rings (SSSR count). The van der Waals surface area contributed by atoms with Gasteiger partial charge in [-0.2, -0.15) is 0 Å². The normalized spacial score (nSPS) is 12.4. The van der Waals surface area contributed by atoms with Gasteiger partial charge in [0.05, 0.1) is 0 Å². The number of aromatic nitrogens is 3. The van der Waals surface area contributed by atoms with Gasteiger partial charge in [-0.3, -0.25) is 0 Å². The SMILES string of the molecule is c1ccc2c(c1)[nH]c1cc3[nH]c4cc5[nH]c6ccccc6c5cc4c3cc12. The van der Waals surface area contributed by atoms with Crippen LogP contribution in [0.15, 0.2) is 72.8 Å². The van der Waals surface area contributed by atoms with Crippen LogP contribution in [0.2, 0.25) is 0 Å². The fourth-order valence-electron chi connectivity index (χ4n) is 4.59. The number of benzene rings is 4. The molecule has 0 aliphatic heterocycles. The zero-order chi connectivity index (χ0) is 17.5. The fourth-order valence-corrected chi connectivity index (χ4v) is 4.59. The lowest BCUT2D eigenvalue weighted by Crippen LogP contribution is -1.71. The molecule has 3 nitrogen and oxygen atoms in total. The Morgan fingerprint density at radius 3 is 1.19 bits per heavy atom. The number of nitrogens with one attached hydrogen (secondary N) is 3. The Balaban J connectivity index is 1.67. The van der Waals surface area contributed by atoms with Crippen LogP contribution in [0.3, 0.4) is 0 Å². The molecule has 0 atom stereocenters. The molecular formula is C24H15N3. The van der Waals surface area contributed by atoms with Crippen molar-refractivity contribution in [1.29, 1.82) is 0 Å². The average Bonchev–Trinajstić information content (AvgIpc) is 3.34. The molecule has 3 aromatic heterocycles. The summed E-state index contributed by atoms with van der Waals surface area (Å²) in [7, 11) is 0. The molecule has 0 spiro atoms. The minimum atomic E-state index is 1.17. The van der Waals surface area contributed by atoms with Crippen LogP contribution in [0.4, 0.5) is 0 Å². The summed E-state index contributed by atoms with van der Waals surface area (Å²) in [6, 6.07) is 26.1. The van der Waals surface area contributed by atoms with E-state index in [2.05, 4.69) is 87.7 Å². The second-order valence-electron chi connectivity index (χ2n) is 7.35. The van der Waals surface area contributed by atoms with Crippen molar-refractivity contribution in [3.8, 4) is 0 Å². The minimum absolute atomic E-state index is 1.17. The number of aromatic amines is 3. The van der Waals surface area contributed by atoms with Gasteiger partial charge in [0.15, 0.2) is 0 Å². The highest BCUT2D eigenvalue weighted by Crippen LogP contribution is 2.36. The van der Waals surface area contributed by atoms with Crippen LogP contribution in [0.25, 0.3) is 65.4 Å². The molecule has 0 saturated heterocycles. The van der Waals surface area contributed by atoms with Crippen LogP contribution in [-0.4, -0.2) is 15.0 Å². The highest BCUT2D eigenvalue weighted by atomic mass is 14.7. The Kier molecular flexibility index (Phi) is 2.25. The highest BCUT2D eigenvalue weighted by Gasteiger charge is 2.12. The maximum atomic E-state index is 3.61. The van der Waals surface area contributed by atoms with Crippen molar-refractivity contribution in [3.05, 3.63) is 72.8 Å². The Bertz CT molecular complexity index is 1550. The molecule has 126 valence electrons. The summed E-state index contributed by atoms with van der Waals surface area (Å²) < 4.78 is 0. The van der Waals surface area contributed by atoms with Crippen molar-refractivity contribution in [2.24, 2.45) is 0 Å². The molecule has 0 radical (unpaired) electrons. The maximum absolute atomic E-state index is 3.61. The fraction of sp³-hybridized carbons (Fsp3) is 0. The third-order valence-electron chi connectivity index (χ3n) is 5.85. The van der Waals surface area contributed by atoms with E-state index in [1.807, 2.05) is 0 Å². The first-order chi connectivity index (χ1) is 13.3. The van der Waals surface area contributed by atoms with Crippen molar-refractivity contribution in [3.63, 3.8) is 0 Å². The van der Waals surface area contributed by atoms with E-state index in [1.165, 1.54) is 65.4 Å². The first-order valence-electron chi connectivity index (χ1n) is 9.21. The second kappa shape index (κ2) is 4.51. The largest absolute Gasteiger partial charge is 0.354 e. The molecule has 3 heteroatoms. The van der Waals surface area contributed by atoms with Crippen LogP contribution in [0, 0.1) is 0 Å². The Labute approximate surface area is 153 Å². The number of fused-ring (bicyclic) bond motifs is 9. The summed E-state index contributed by atoms with van der Waals surface area (Å²) >= 11 is 0. The Hall–Kier alpha value is -3.72. The number of para-hydroxylation sites is 2. The maximum Gasteiger partial charge on any atom is 0.0486 e. The molecule has 0 fully saturated rings. The van der Waals surface area contributed by atoms with Gasteiger partial charge in [0.25, 0.3) is 0 Å². The molecule has 0 bridgehead atoms. The number of hydrogen-bond donors (Lipinski definition) is 3. The van der Waals surface area contributed by atoms with Gasteiger partial charge in [-0.15, -0.1) is 0 Å². The zero-order valence-corrected chi connectivity index (χ0v) is 14.4. The number of hydrogen-bond acceptors (Lipinski definition) is 0. The van der Waals surface area contributed by atoms with E-state index in [4.69, 9.17) is 0 Å². The van der Waals surface area contributed by atoms with Crippen molar-refractivity contribution in [1.82, 2.24) is 15.0 Å². The van der Waals surface area contributed by atoms with E-state index in [9.17, 15) is 0 Å². The summed E-state index contributed by atoms with van der Waals surface area (Å²) in [4.78, 5) is 10.7. The van der Waals surface area contributed by atoms with Gasteiger partial charge in [0, 0.05) is 65.4 Å². The number of rotatable bonds is 0. The molecule has 4 aromatic carbocycles. The molecular weight excluding hydrogens is 330 g/mol. The second-order valence-corrected chi connectivity index (χ2v) is 7.35. The smallest absolute Gasteiger partial charge is 0.0486 e. The van der Waals surface area contributed by atoms with Crippen molar-refractivity contribution < 1.29 is 0 Å². The van der Waals surface area contributed by atoms with Gasteiger partial charge < -0.3 is 15.0 Å². The van der Waals surface area contributed by atoms with Gasteiger partial charge in [-0.1, -0.05) is 36.4 Å².